The lowest BCUT2D eigenvalue weighted by molar-refractivity contribution is 0.641. The maximum atomic E-state index is 13.3. The Labute approximate surface area is 167 Å². The molecular weight excluding hydrogens is 372 g/mol. The van der Waals surface area contributed by atoms with Gasteiger partial charge < -0.3 is 15.2 Å². The van der Waals surface area contributed by atoms with E-state index in [1.165, 1.54) is 10.8 Å². The number of pyridine rings is 1. The highest BCUT2D eigenvalue weighted by Crippen LogP contribution is 2.18. The number of hydrogen-bond donors (Lipinski definition) is 1. The van der Waals surface area contributed by atoms with Gasteiger partial charge in [0, 0.05) is 39.4 Å². The molecule has 0 spiro atoms. The van der Waals surface area contributed by atoms with Crippen LogP contribution in [0.1, 0.15) is 25.1 Å². The van der Waals surface area contributed by atoms with Gasteiger partial charge in [0.2, 0.25) is 5.95 Å². The summed E-state index contributed by atoms with van der Waals surface area (Å²) < 4.78 is 4.22. The van der Waals surface area contributed by atoms with Gasteiger partial charge in [0.1, 0.15) is 6.07 Å². The first kappa shape index (κ1) is 20.3. The van der Waals surface area contributed by atoms with E-state index in [-0.39, 0.29) is 12.6 Å². The zero-order valence-electron chi connectivity index (χ0n) is 17.0. The highest BCUT2D eigenvalue weighted by atomic mass is 16.2. The molecule has 0 bridgehead atoms. The molecule has 3 heterocycles. The van der Waals surface area contributed by atoms with Crippen molar-refractivity contribution in [2.75, 3.05) is 18.5 Å². The molecule has 0 amide bonds. The van der Waals surface area contributed by atoms with Crippen molar-refractivity contribution < 1.29 is 0 Å². The smallest absolute Gasteiger partial charge is 0.332 e. The van der Waals surface area contributed by atoms with Crippen LogP contribution >= 0.6 is 0 Å². The van der Waals surface area contributed by atoms with Crippen LogP contribution in [0.3, 0.4) is 0 Å². The topological polar surface area (TPSA) is 128 Å². The van der Waals surface area contributed by atoms with E-state index >= 15 is 0 Å². The molecule has 10 nitrogen and oxygen atoms in total. The average Bonchev–Trinajstić information content (AvgIpc) is 3.09. The standard InChI is InChI=1S/C19H24N8O2/c1-5-26-15-16(23-18(26)24(3)10-12(2)21)25(4)19(29)27(17(15)28)11-14-13(9-20)7-6-8-22-14/h6-8,12H,5,10-11,21H2,1-4H3/t12-/m0/s1. The molecule has 0 saturated carbocycles. The first-order valence-corrected chi connectivity index (χ1v) is 9.30. The predicted molar refractivity (Wildman–Crippen MR) is 110 cm³/mol. The molecule has 3 aromatic heterocycles. The van der Waals surface area contributed by atoms with Crippen LogP contribution in [0.2, 0.25) is 0 Å². The Kier molecular flexibility index (Phi) is 5.52. The van der Waals surface area contributed by atoms with Crippen molar-refractivity contribution >= 4 is 17.1 Å². The minimum atomic E-state index is -0.515. The van der Waals surface area contributed by atoms with Crippen molar-refractivity contribution in [1.82, 2.24) is 23.7 Å². The van der Waals surface area contributed by atoms with Crippen LogP contribution < -0.4 is 21.9 Å². The summed E-state index contributed by atoms with van der Waals surface area (Å²) in [5.74, 6) is 0.570. The summed E-state index contributed by atoms with van der Waals surface area (Å²) in [4.78, 5) is 36.8. The fourth-order valence-corrected chi connectivity index (χ4v) is 3.42. The SMILES string of the molecule is CCn1c(N(C)C[C@H](C)N)nc2c1c(=O)n(Cc1ncccc1C#N)c(=O)n2C. The number of rotatable bonds is 6. The number of aryl methyl sites for hydroxylation is 2. The Balaban J connectivity index is 2.25. The molecule has 0 saturated heterocycles. The van der Waals surface area contributed by atoms with Gasteiger partial charge in [0.05, 0.1) is 17.8 Å². The molecule has 3 rings (SSSR count). The molecule has 0 radical (unpaired) electrons. The summed E-state index contributed by atoms with van der Waals surface area (Å²) in [6.07, 6.45) is 1.53. The molecule has 1 atom stereocenters. The lowest BCUT2D eigenvalue weighted by Gasteiger charge is -2.20. The molecular formula is C19H24N8O2. The third-order valence-corrected chi connectivity index (χ3v) is 4.75. The summed E-state index contributed by atoms with van der Waals surface area (Å²) in [6, 6.07) is 5.20. The van der Waals surface area contributed by atoms with Gasteiger partial charge >= 0.3 is 5.69 Å². The van der Waals surface area contributed by atoms with E-state index in [2.05, 4.69) is 9.97 Å². The van der Waals surface area contributed by atoms with Crippen molar-refractivity contribution in [2.45, 2.75) is 33.0 Å². The number of hydrogen-bond acceptors (Lipinski definition) is 7. The monoisotopic (exact) mass is 396 g/mol. The zero-order valence-corrected chi connectivity index (χ0v) is 17.0. The van der Waals surface area contributed by atoms with E-state index in [0.29, 0.717) is 41.5 Å². The van der Waals surface area contributed by atoms with E-state index in [0.717, 1.165) is 4.57 Å². The third-order valence-electron chi connectivity index (χ3n) is 4.75. The fourth-order valence-electron chi connectivity index (χ4n) is 3.42. The van der Waals surface area contributed by atoms with Crippen LogP contribution in [0.15, 0.2) is 27.9 Å². The molecule has 0 aromatic carbocycles. The Bertz CT molecular complexity index is 1210. The lowest BCUT2D eigenvalue weighted by Crippen LogP contribution is -2.40. The van der Waals surface area contributed by atoms with Crippen LogP contribution in [-0.2, 0) is 20.1 Å². The maximum Gasteiger partial charge on any atom is 0.332 e. The Hall–Kier alpha value is -3.45. The van der Waals surface area contributed by atoms with E-state index in [4.69, 9.17) is 5.73 Å². The summed E-state index contributed by atoms with van der Waals surface area (Å²) in [7, 11) is 3.42. The second-order valence-electron chi connectivity index (χ2n) is 7.03. The van der Waals surface area contributed by atoms with Crippen LogP contribution in [0.25, 0.3) is 11.2 Å². The molecule has 3 aromatic rings. The number of likely N-dealkylation sites (N-methyl/N-ethyl adjacent to an activating group) is 1. The number of nitrogens with two attached hydrogens (primary N) is 1. The number of nitriles is 1. The van der Waals surface area contributed by atoms with Crippen LogP contribution in [0, 0.1) is 11.3 Å². The van der Waals surface area contributed by atoms with Crippen molar-refractivity contribution in [3.63, 3.8) is 0 Å². The van der Waals surface area contributed by atoms with E-state index < -0.39 is 11.2 Å². The van der Waals surface area contributed by atoms with Gasteiger partial charge in [0.15, 0.2) is 11.2 Å². The van der Waals surface area contributed by atoms with Gasteiger partial charge in [-0.25, -0.2) is 4.79 Å². The third kappa shape index (κ3) is 3.52. The van der Waals surface area contributed by atoms with Crippen LogP contribution in [0.4, 0.5) is 5.95 Å². The second kappa shape index (κ2) is 7.89. The first-order valence-electron chi connectivity index (χ1n) is 9.30. The molecule has 29 heavy (non-hydrogen) atoms. The van der Waals surface area contributed by atoms with Crippen molar-refractivity contribution in [2.24, 2.45) is 12.8 Å². The Morgan fingerprint density at radius 3 is 2.69 bits per heavy atom. The number of imidazole rings is 1. The molecule has 0 aliphatic rings. The van der Waals surface area contributed by atoms with Gasteiger partial charge in [-0.2, -0.15) is 10.2 Å². The summed E-state index contributed by atoms with van der Waals surface area (Å²) in [5, 5.41) is 9.29. The van der Waals surface area contributed by atoms with E-state index in [1.54, 1.807) is 23.7 Å². The quantitative estimate of drug-likeness (QED) is 0.622. The van der Waals surface area contributed by atoms with Crippen molar-refractivity contribution in [1.29, 1.82) is 5.26 Å². The van der Waals surface area contributed by atoms with Crippen molar-refractivity contribution in [3.8, 4) is 6.07 Å². The molecule has 152 valence electrons. The lowest BCUT2D eigenvalue weighted by atomic mass is 10.2. The number of nitrogens with zero attached hydrogens (tertiary/aromatic N) is 7. The number of fused-ring (bicyclic) bond motifs is 1. The molecule has 0 aliphatic heterocycles. The van der Waals surface area contributed by atoms with Crippen LogP contribution in [-0.4, -0.2) is 43.3 Å². The van der Waals surface area contributed by atoms with Gasteiger partial charge in [0.25, 0.3) is 5.56 Å². The average molecular weight is 396 g/mol. The molecule has 2 N–H and O–H groups in total. The van der Waals surface area contributed by atoms with Gasteiger partial charge in [-0.1, -0.05) is 0 Å². The minimum Gasteiger partial charge on any atom is -0.344 e. The van der Waals surface area contributed by atoms with Gasteiger partial charge in [-0.15, -0.1) is 0 Å². The van der Waals surface area contributed by atoms with Gasteiger partial charge in [-0.3, -0.25) is 18.9 Å². The van der Waals surface area contributed by atoms with Crippen molar-refractivity contribution in [3.05, 3.63) is 50.4 Å². The Morgan fingerprint density at radius 1 is 1.34 bits per heavy atom. The van der Waals surface area contributed by atoms with Crippen LogP contribution in [0.5, 0.6) is 0 Å². The Morgan fingerprint density at radius 2 is 2.07 bits per heavy atom. The molecule has 0 fully saturated rings. The normalized spacial score (nSPS) is 12.1. The fraction of sp³-hybridized carbons (Fsp3) is 0.421. The summed E-state index contributed by atoms with van der Waals surface area (Å²) >= 11 is 0. The highest BCUT2D eigenvalue weighted by molar-refractivity contribution is 5.74. The summed E-state index contributed by atoms with van der Waals surface area (Å²) in [5.41, 5.74) is 6.25. The summed E-state index contributed by atoms with van der Waals surface area (Å²) in [6.45, 7) is 4.75. The maximum absolute atomic E-state index is 13.3. The van der Waals surface area contributed by atoms with Gasteiger partial charge in [-0.05, 0) is 26.0 Å². The molecule has 10 heteroatoms. The number of anilines is 1. The first-order chi connectivity index (χ1) is 13.8. The predicted octanol–water partition coefficient (Wildman–Crippen LogP) is 0.0150. The largest absolute Gasteiger partial charge is 0.344 e. The second-order valence-corrected chi connectivity index (χ2v) is 7.03. The highest BCUT2D eigenvalue weighted by Gasteiger charge is 2.22. The van der Waals surface area contributed by atoms with E-state index in [9.17, 15) is 14.9 Å². The van der Waals surface area contributed by atoms with E-state index in [1.807, 2.05) is 31.9 Å². The number of aromatic nitrogens is 5. The zero-order chi connectivity index (χ0) is 21.3. The molecule has 0 aliphatic carbocycles. The molecule has 0 unspecified atom stereocenters. The minimum absolute atomic E-state index is 0.0841.